The maximum Gasteiger partial charge on any atom is 0.416 e. The van der Waals surface area contributed by atoms with Crippen molar-refractivity contribution in [2.45, 2.75) is 30.0 Å². The predicted octanol–water partition coefficient (Wildman–Crippen LogP) is 4.45. The summed E-state index contributed by atoms with van der Waals surface area (Å²) in [6, 6.07) is 8.40. The molecule has 10 heteroatoms. The number of carbonyl (C=O) groups excluding carboxylic acids is 1. The number of nitrogens with one attached hydrogen (secondary N) is 2. The van der Waals surface area contributed by atoms with E-state index in [0.29, 0.717) is 0 Å². The van der Waals surface area contributed by atoms with Crippen LogP contribution in [0.2, 0.25) is 5.02 Å². The summed E-state index contributed by atoms with van der Waals surface area (Å²) in [5.74, 6) is -0.650. The van der Waals surface area contributed by atoms with Crippen molar-refractivity contribution in [3.8, 4) is 0 Å². The summed E-state index contributed by atoms with van der Waals surface area (Å²) in [5.41, 5.74) is -0.627. The van der Waals surface area contributed by atoms with Crippen LogP contribution in [0.1, 0.15) is 24.0 Å². The molecule has 154 valence electrons. The first kappa shape index (κ1) is 21.4. The molecule has 5 nitrogen and oxygen atoms in total. The van der Waals surface area contributed by atoms with Gasteiger partial charge in [0, 0.05) is 22.8 Å². The van der Waals surface area contributed by atoms with E-state index in [9.17, 15) is 26.4 Å². The summed E-state index contributed by atoms with van der Waals surface area (Å²) in [6.07, 6.45) is -0.778. The Bertz CT molecular complexity index is 1060. The van der Waals surface area contributed by atoms with E-state index < -0.39 is 27.7 Å². The Morgan fingerprint density at radius 1 is 1.14 bits per heavy atom. The van der Waals surface area contributed by atoms with Crippen molar-refractivity contribution in [2.24, 2.45) is 0 Å². The Morgan fingerprint density at radius 2 is 1.86 bits per heavy atom. The Labute approximate surface area is 170 Å². The first-order valence-corrected chi connectivity index (χ1v) is 10.4. The third-order valence-corrected chi connectivity index (χ3v) is 5.91. The Morgan fingerprint density at radius 3 is 2.52 bits per heavy atom. The monoisotopic (exact) mass is 444 g/mol. The van der Waals surface area contributed by atoms with Gasteiger partial charge in [0.25, 0.3) is 0 Å². The van der Waals surface area contributed by atoms with E-state index in [1.165, 1.54) is 24.3 Å². The molecule has 0 aromatic heterocycles. The van der Waals surface area contributed by atoms with E-state index in [0.717, 1.165) is 43.2 Å². The second-order valence-electron chi connectivity index (χ2n) is 6.48. The fourth-order valence-corrected chi connectivity index (χ4v) is 3.96. The van der Waals surface area contributed by atoms with Crippen molar-refractivity contribution in [1.82, 2.24) is 4.72 Å². The van der Waals surface area contributed by atoms with E-state index in [1.54, 1.807) is 0 Å². The second kappa shape index (κ2) is 8.17. The minimum absolute atomic E-state index is 0.00658. The molecule has 2 aromatic carbocycles. The largest absolute Gasteiger partial charge is 0.416 e. The normalized spacial score (nSPS) is 14.9. The van der Waals surface area contributed by atoms with Gasteiger partial charge in [0.1, 0.15) is 0 Å². The van der Waals surface area contributed by atoms with Crippen LogP contribution in [0.3, 0.4) is 0 Å². The van der Waals surface area contributed by atoms with Crippen LogP contribution in [0.15, 0.2) is 53.4 Å². The smallest absolute Gasteiger partial charge is 0.322 e. The number of benzene rings is 2. The van der Waals surface area contributed by atoms with Crippen LogP contribution in [0.25, 0.3) is 6.08 Å². The Balaban J connectivity index is 1.72. The minimum atomic E-state index is -4.53. The molecule has 1 amide bonds. The predicted molar refractivity (Wildman–Crippen MR) is 104 cm³/mol. The van der Waals surface area contributed by atoms with E-state index in [-0.39, 0.29) is 27.2 Å². The number of sulfonamides is 1. The molecule has 0 aliphatic heterocycles. The van der Waals surface area contributed by atoms with Crippen molar-refractivity contribution in [3.63, 3.8) is 0 Å². The molecule has 3 rings (SSSR count). The minimum Gasteiger partial charge on any atom is -0.322 e. The first-order valence-electron chi connectivity index (χ1n) is 8.53. The van der Waals surface area contributed by atoms with Gasteiger partial charge in [-0.1, -0.05) is 17.7 Å². The molecule has 0 heterocycles. The highest BCUT2D eigenvalue weighted by atomic mass is 35.5. The second-order valence-corrected chi connectivity index (χ2v) is 8.60. The number of hydrogen-bond acceptors (Lipinski definition) is 3. The molecule has 1 aliphatic carbocycles. The fraction of sp³-hybridized carbons (Fsp3) is 0.211. The molecular formula is C19H16ClF3N2O3S. The molecule has 0 unspecified atom stereocenters. The van der Waals surface area contributed by atoms with Gasteiger partial charge in [0.2, 0.25) is 15.9 Å². The number of hydrogen-bond donors (Lipinski definition) is 2. The van der Waals surface area contributed by atoms with Crippen molar-refractivity contribution in [1.29, 1.82) is 0 Å². The van der Waals surface area contributed by atoms with Gasteiger partial charge < -0.3 is 5.32 Å². The van der Waals surface area contributed by atoms with E-state index in [2.05, 4.69) is 10.0 Å². The zero-order chi connectivity index (χ0) is 21.2. The highest BCUT2D eigenvalue weighted by Gasteiger charge is 2.30. The van der Waals surface area contributed by atoms with Crippen molar-refractivity contribution >= 4 is 39.3 Å². The van der Waals surface area contributed by atoms with Crippen molar-refractivity contribution < 1.29 is 26.4 Å². The summed E-state index contributed by atoms with van der Waals surface area (Å²) < 4.78 is 65.4. The van der Waals surface area contributed by atoms with Gasteiger partial charge >= 0.3 is 6.18 Å². The third kappa shape index (κ3) is 5.81. The quantitative estimate of drug-likeness (QED) is 0.646. The van der Waals surface area contributed by atoms with Crippen LogP contribution in [0.4, 0.5) is 18.9 Å². The third-order valence-electron chi connectivity index (χ3n) is 4.05. The average molecular weight is 445 g/mol. The van der Waals surface area contributed by atoms with Gasteiger partial charge in [-0.15, -0.1) is 0 Å². The molecule has 0 radical (unpaired) electrons. The highest BCUT2D eigenvalue weighted by molar-refractivity contribution is 7.89. The lowest BCUT2D eigenvalue weighted by Crippen LogP contribution is -2.25. The van der Waals surface area contributed by atoms with Gasteiger partial charge in [0.05, 0.1) is 10.5 Å². The van der Waals surface area contributed by atoms with Gasteiger partial charge in [-0.3, -0.25) is 4.79 Å². The standard InChI is InChI=1S/C19H16ClF3N2O3S/c20-17-8-5-13(19(21,22)23)10-12(17)4-9-18(26)24-15-2-1-3-16(11-15)29(27,28)25-14-6-7-14/h1-5,8-11,14,25H,6-7H2,(H,24,26)/b9-4+. The maximum absolute atomic E-state index is 12.8. The number of amides is 1. The zero-order valence-electron chi connectivity index (χ0n) is 14.8. The van der Waals surface area contributed by atoms with Crippen LogP contribution in [-0.2, 0) is 21.0 Å². The van der Waals surface area contributed by atoms with Gasteiger partial charge in [-0.25, -0.2) is 13.1 Å². The molecule has 2 N–H and O–H groups in total. The van der Waals surface area contributed by atoms with Gasteiger partial charge in [-0.05, 0) is 60.9 Å². The SMILES string of the molecule is O=C(/C=C/c1cc(C(F)(F)F)ccc1Cl)Nc1cccc(S(=O)(=O)NC2CC2)c1. The number of alkyl halides is 3. The van der Waals surface area contributed by atoms with Crippen LogP contribution in [0.5, 0.6) is 0 Å². The summed E-state index contributed by atoms with van der Waals surface area (Å²) in [6.45, 7) is 0. The molecule has 1 fully saturated rings. The molecule has 1 aliphatic rings. The average Bonchev–Trinajstić information content (AvgIpc) is 3.43. The Kier molecular flexibility index (Phi) is 6.02. The van der Waals surface area contributed by atoms with Crippen LogP contribution >= 0.6 is 11.6 Å². The highest BCUT2D eigenvalue weighted by Crippen LogP contribution is 2.32. The molecule has 1 saturated carbocycles. The van der Waals surface area contributed by atoms with Crippen molar-refractivity contribution in [3.05, 3.63) is 64.7 Å². The zero-order valence-corrected chi connectivity index (χ0v) is 16.4. The summed E-state index contributed by atoms with van der Waals surface area (Å²) >= 11 is 5.88. The van der Waals surface area contributed by atoms with Crippen molar-refractivity contribution in [2.75, 3.05) is 5.32 Å². The Hall–Kier alpha value is -2.36. The molecular weight excluding hydrogens is 429 g/mol. The number of halogens is 4. The van der Waals surface area contributed by atoms with Gasteiger partial charge in [0.15, 0.2) is 0 Å². The number of carbonyl (C=O) groups is 1. The summed E-state index contributed by atoms with van der Waals surface area (Å²) in [4.78, 5) is 12.1. The van der Waals surface area contributed by atoms with Crippen LogP contribution < -0.4 is 10.0 Å². The molecule has 2 aromatic rings. The lowest BCUT2D eigenvalue weighted by molar-refractivity contribution is -0.137. The lowest BCUT2D eigenvalue weighted by Gasteiger charge is -2.09. The van der Waals surface area contributed by atoms with Crippen LogP contribution in [-0.4, -0.2) is 20.4 Å². The van der Waals surface area contributed by atoms with E-state index in [1.807, 2.05) is 0 Å². The molecule has 29 heavy (non-hydrogen) atoms. The maximum atomic E-state index is 12.8. The number of rotatable bonds is 6. The van der Waals surface area contributed by atoms with E-state index in [4.69, 9.17) is 11.6 Å². The van der Waals surface area contributed by atoms with Crippen LogP contribution in [0, 0.1) is 0 Å². The fourth-order valence-electron chi connectivity index (χ4n) is 2.43. The van der Waals surface area contributed by atoms with Gasteiger partial charge in [-0.2, -0.15) is 13.2 Å². The molecule has 0 spiro atoms. The lowest BCUT2D eigenvalue weighted by atomic mass is 10.1. The molecule has 0 saturated heterocycles. The molecule has 0 bridgehead atoms. The summed E-state index contributed by atoms with van der Waals surface area (Å²) in [7, 11) is -3.68. The van der Waals surface area contributed by atoms with E-state index >= 15 is 0 Å². The summed E-state index contributed by atoms with van der Waals surface area (Å²) in [5, 5.41) is 2.53. The molecule has 0 atom stereocenters. The first-order chi connectivity index (χ1) is 13.5. The number of anilines is 1. The topological polar surface area (TPSA) is 75.3 Å².